The molecule has 1 aromatic carbocycles. The highest BCUT2D eigenvalue weighted by molar-refractivity contribution is 5.45. The molecule has 0 radical (unpaired) electrons. The summed E-state index contributed by atoms with van der Waals surface area (Å²) in [5.41, 5.74) is 2.69. The van der Waals surface area contributed by atoms with Crippen molar-refractivity contribution in [3.8, 4) is 5.75 Å². The van der Waals surface area contributed by atoms with Crippen molar-refractivity contribution in [2.75, 3.05) is 26.8 Å². The monoisotopic (exact) mass is 277 g/mol. The first-order chi connectivity index (χ1) is 9.62. The van der Waals surface area contributed by atoms with Crippen LogP contribution in [0.2, 0.25) is 0 Å². The van der Waals surface area contributed by atoms with Gasteiger partial charge >= 0.3 is 0 Å². The van der Waals surface area contributed by atoms with Gasteiger partial charge in [0.25, 0.3) is 0 Å². The first-order valence-corrected chi connectivity index (χ1v) is 7.62. The Bertz CT molecular complexity index is 429. The highest BCUT2D eigenvalue weighted by Gasteiger charge is 2.31. The zero-order valence-electron chi connectivity index (χ0n) is 13.0. The van der Waals surface area contributed by atoms with E-state index in [2.05, 4.69) is 37.4 Å². The maximum absolute atomic E-state index is 6.10. The molecule has 0 amide bonds. The predicted molar refractivity (Wildman–Crippen MR) is 82.5 cm³/mol. The molecule has 112 valence electrons. The molecule has 3 heteroatoms. The summed E-state index contributed by atoms with van der Waals surface area (Å²) >= 11 is 0. The fourth-order valence-electron chi connectivity index (χ4n) is 2.74. The zero-order valence-corrected chi connectivity index (χ0v) is 13.0. The molecule has 1 aromatic rings. The van der Waals surface area contributed by atoms with Crippen LogP contribution in [-0.4, -0.2) is 32.4 Å². The van der Waals surface area contributed by atoms with Crippen LogP contribution >= 0.6 is 0 Å². The van der Waals surface area contributed by atoms with Crippen molar-refractivity contribution in [1.82, 2.24) is 5.32 Å². The van der Waals surface area contributed by atoms with E-state index in [-0.39, 0.29) is 5.60 Å². The highest BCUT2D eigenvalue weighted by Crippen LogP contribution is 2.37. The van der Waals surface area contributed by atoms with Gasteiger partial charge < -0.3 is 14.8 Å². The highest BCUT2D eigenvalue weighted by atomic mass is 16.5. The van der Waals surface area contributed by atoms with Gasteiger partial charge in [-0.15, -0.1) is 0 Å². The number of nitrogens with one attached hydrogen (secondary N) is 1. The lowest BCUT2D eigenvalue weighted by molar-refractivity contribution is 0.137. The molecule has 1 aliphatic rings. The van der Waals surface area contributed by atoms with E-state index >= 15 is 0 Å². The largest absolute Gasteiger partial charge is 0.487 e. The number of fused-ring (bicyclic) bond motifs is 1. The number of benzene rings is 1. The van der Waals surface area contributed by atoms with E-state index in [0.29, 0.717) is 0 Å². The van der Waals surface area contributed by atoms with Crippen LogP contribution in [0.3, 0.4) is 0 Å². The van der Waals surface area contributed by atoms with Crippen LogP contribution in [-0.2, 0) is 17.6 Å². The summed E-state index contributed by atoms with van der Waals surface area (Å²) in [5, 5.41) is 3.38. The van der Waals surface area contributed by atoms with E-state index in [1.54, 1.807) is 7.11 Å². The fraction of sp³-hybridized carbons (Fsp3) is 0.647. The molecule has 3 nitrogen and oxygen atoms in total. The third kappa shape index (κ3) is 4.22. The van der Waals surface area contributed by atoms with Crippen LogP contribution in [0.15, 0.2) is 18.2 Å². The van der Waals surface area contributed by atoms with Gasteiger partial charge in [0.2, 0.25) is 0 Å². The van der Waals surface area contributed by atoms with Gasteiger partial charge in [-0.25, -0.2) is 0 Å². The van der Waals surface area contributed by atoms with Gasteiger partial charge in [0, 0.05) is 20.1 Å². The van der Waals surface area contributed by atoms with Crippen LogP contribution in [0.25, 0.3) is 0 Å². The maximum atomic E-state index is 6.10. The Kier molecular flexibility index (Phi) is 5.44. The first-order valence-electron chi connectivity index (χ1n) is 7.62. The third-order valence-electron chi connectivity index (χ3n) is 3.71. The molecule has 0 saturated heterocycles. The lowest BCUT2D eigenvalue weighted by atomic mass is 9.99. The Morgan fingerprint density at radius 3 is 2.90 bits per heavy atom. The SMILES string of the molecule is COCCNCCCCc1cccc2c1OC(C)(C)C2. The van der Waals surface area contributed by atoms with Gasteiger partial charge in [0.05, 0.1) is 6.61 Å². The minimum atomic E-state index is -0.0415. The second-order valence-electron chi connectivity index (χ2n) is 6.14. The van der Waals surface area contributed by atoms with E-state index in [4.69, 9.17) is 9.47 Å². The third-order valence-corrected chi connectivity index (χ3v) is 3.71. The lowest BCUT2D eigenvalue weighted by Gasteiger charge is -2.18. The van der Waals surface area contributed by atoms with E-state index in [0.717, 1.165) is 38.3 Å². The van der Waals surface area contributed by atoms with Crippen LogP contribution in [0, 0.1) is 0 Å². The van der Waals surface area contributed by atoms with Crippen molar-refractivity contribution in [3.05, 3.63) is 29.3 Å². The van der Waals surface area contributed by atoms with Crippen molar-refractivity contribution in [3.63, 3.8) is 0 Å². The molecule has 0 aromatic heterocycles. The summed E-state index contributed by atoms with van der Waals surface area (Å²) in [4.78, 5) is 0. The molecule has 0 bridgehead atoms. The molecule has 0 saturated carbocycles. The average molecular weight is 277 g/mol. The number of hydrogen-bond donors (Lipinski definition) is 1. The molecule has 0 aliphatic carbocycles. The number of rotatable bonds is 8. The Morgan fingerprint density at radius 2 is 2.10 bits per heavy atom. The Morgan fingerprint density at radius 1 is 1.25 bits per heavy atom. The van der Waals surface area contributed by atoms with E-state index in [1.165, 1.54) is 24.0 Å². The predicted octanol–water partition coefficient (Wildman–Crippen LogP) is 2.96. The molecule has 0 unspecified atom stereocenters. The molecule has 0 spiro atoms. The van der Waals surface area contributed by atoms with Crippen LogP contribution in [0.5, 0.6) is 5.75 Å². The maximum Gasteiger partial charge on any atom is 0.126 e. The van der Waals surface area contributed by atoms with Gasteiger partial charge in [-0.1, -0.05) is 18.2 Å². The summed E-state index contributed by atoms with van der Waals surface area (Å²) in [5.74, 6) is 1.14. The normalized spacial score (nSPS) is 15.9. The number of unbranched alkanes of at least 4 members (excludes halogenated alkanes) is 1. The summed E-state index contributed by atoms with van der Waals surface area (Å²) in [6.45, 7) is 7.11. The number of para-hydroxylation sites is 1. The quantitative estimate of drug-likeness (QED) is 0.741. The van der Waals surface area contributed by atoms with Gasteiger partial charge in [-0.3, -0.25) is 0 Å². The van der Waals surface area contributed by atoms with E-state index in [9.17, 15) is 0 Å². The standard InChI is InChI=1S/C17H27NO2/c1-17(2)13-15-9-6-8-14(16(15)20-17)7-4-5-10-18-11-12-19-3/h6,8-9,18H,4-5,7,10-13H2,1-3H3. The number of ether oxygens (including phenoxy) is 2. The van der Waals surface area contributed by atoms with Crippen molar-refractivity contribution >= 4 is 0 Å². The number of aryl methyl sites for hydroxylation is 1. The molecular weight excluding hydrogens is 250 g/mol. The molecule has 0 atom stereocenters. The van der Waals surface area contributed by atoms with Gasteiger partial charge in [-0.2, -0.15) is 0 Å². The molecule has 1 N–H and O–H groups in total. The minimum Gasteiger partial charge on any atom is -0.487 e. The zero-order chi connectivity index (χ0) is 14.4. The second-order valence-corrected chi connectivity index (χ2v) is 6.14. The molecule has 2 rings (SSSR count). The van der Waals surface area contributed by atoms with Gasteiger partial charge in [-0.05, 0) is 50.8 Å². The number of hydrogen-bond acceptors (Lipinski definition) is 3. The number of methoxy groups -OCH3 is 1. The second kappa shape index (κ2) is 7.09. The molecule has 1 aliphatic heterocycles. The van der Waals surface area contributed by atoms with Crippen LogP contribution in [0.4, 0.5) is 0 Å². The topological polar surface area (TPSA) is 30.5 Å². The molecule has 1 heterocycles. The van der Waals surface area contributed by atoms with E-state index in [1.807, 2.05) is 0 Å². The van der Waals surface area contributed by atoms with Crippen molar-refractivity contribution in [1.29, 1.82) is 0 Å². The van der Waals surface area contributed by atoms with Crippen LogP contribution in [0.1, 0.15) is 37.8 Å². The van der Waals surface area contributed by atoms with Crippen LogP contribution < -0.4 is 10.1 Å². The molecule has 0 fully saturated rings. The fourth-order valence-corrected chi connectivity index (χ4v) is 2.74. The van der Waals surface area contributed by atoms with Crippen molar-refractivity contribution in [2.24, 2.45) is 0 Å². The Hall–Kier alpha value is -1.06. The Labute approximate surface area is 122 Å². The first kappa shape index (κ1) is 15.3. The summed E-state index contributed by atoms with van der Waals surface area (Å²) < 4.78 is 11.1. The van der Waals surface area contributed by atoms with Gasteiger partial charge in [0.1, 0.15) is 11.4 Å². The minimum absolute atomic E-state index is 0.0415. The molecular formula is C17H27NO2. The lowest BCUT2D eigenvalue weighted by Crippen LogP contribution is -2.24. The summed E-state index contributed by atoms with van der Waals surface area (Å²) in [7, 11) is 1.74. The van der Waals surface area contributed by atoms with Gasteiger partial charge in [0.15, 0.2) is 0 Å². The summed E-state index contributed by atoms with van der Waals surface area (Å²) in [6, 6.07) is 6.56. The van der Waals surface area contributed by atoms with Crippen molar-refractivity contribution < 1.29 is 9.47 Å². The average Bonchev–Trinajstić information content (AvgIpc) is 2.72. The molecule has 20 heavy (non-hydrogen) atoms. The summed E-state index contributed by atoms with van der Waals surface area (Å²) in [6.07, 6.45) is 4.51. The smallest absolute Gasteiger partial charge is 0.126 e. The Balaban J connectivity index is 1.76. The van der Waals surface area contributed by atoms with Crippen molar-refractivity contribution in [2.45, 2.75) is 45.1 Å². The van der Waals surface area contributed by atoms with E-state index < -0.39 is 0 Å².